The van der Waals surface area contributed by atoms with Crippen molar-refractivity contribution in [1.29, 1.82) is 0 Å². The number of halogens is 1. The molecule has 200 valence electrons. The van der Waals surface area contributed by atoms with Crippen molar-refractivity contribution in [1.82, 2.24) is 15.1 Å². The van der Waals surface area contributed by atoms with Crippen LogP contribution in [0.15, 0.2) is 66.9 Å². The van der Waals surface area contributed by atoms with E-state index in [-0.39, 0.29) is 30.7 Å². The van der Waals surface area contributed by atoms with Crippen molar-refractivity contribution in [2.45, 2.75) is 50.2 Å². The number of pyridine rings is 1. The van der Waals surface area contributed by atoms with Crippen molar-refractivity contribution in [3.8, 4) is 0 Å². The summed E-state index contributed by atoms with van der Waals surface area (Å²) in [6.07, 6.45) is 3.82. The Morgan fingerprint density at radius 3 is 2.53 bits per heavy atom. The van der Waals surface area contributed by atoms with E-state index in [1.165, 1.54) is 0 Å². The third-order valence-corrected chi connectivity index (χ3v) is 7.06. The minimum absolute atomic E-state index is 0.00622. The number of aryl methyl sites for hydroxylation is 1. The van der Waals surface area contributed by atoms with Gasteiger partial charge in [-0.15, -0.1) is 0 Å². The predicted molar refractivity (Wildman–Crippen MR) is 147 cm³/mol. The SMILES string of the molecule is NC1CCN(C(=O)CCC(NCl)C(=O)NC(CCc2ccccc2)C(=O)Nc2c[nH+]c3ccccc3c2)C1. The molecule has 4 rings (SSSR count). The summed E-state index contributed by atoms with van der Waals surface area (Å²) in [7, 11) is 0. The Kier molecular flexibility index (Phi) is 9.64. The van der Waals surface area contributed by atoms with E-state index >= 15 is 0 Å². The van der Waals surface area contributed by atoms with Crippen molar-refractivity contribution in [2.24, 2.45) is 5.73 Å². The number of fused-ring (bicyclic) bond motifs is 1. The second-order valence-corrected chi connectivity index (χ2v) is 9.86. The van der Waals surface area contributed by atoms with Gasteiger partial charge in [0.15, 0.2) is 6.20 Å². The highest BCUT2D eigenvalue weighted by molar-refractivity contribution is 6.15. The lowest BCUT2D eigenvalue weighted by atomic mass is 10.0. The highest BCUT2D eigenvalue weighted by Gasteiger charge is 2.28. The fourth-order valence-electron chi connectivity index (χ4n) is 4.59. The highest BCUT2D eigenvalue weighted by atomic mass is 35.5. The van der Waals surface area contributed by atoms with Gasteiger partial charge in [-0.1, -0.05) is 42.5 Å². The largest absolute Gasteiger partial charge is 0.343 e. The molecule has 0 saturated carbocycles. The number of benzene rings is 2. The lowest BCUT2D eigenvalue weighted by molar-refractivity contribution is -0.343. The van der Waals surface area contributed by atoms with Crippen molar-refractivity contribution in [2.75, 3.05) is 18.4 Å². The average molecular weight is 538 g/mol. The lowest BCUT2D eigenvalue weighted by Gasteiger charge is -2.22. The number of aromatic nitrogens is 1. The molecule has 2 aromatic carbocycles. The molecule has 0 spiro atoms. The Bertz CT molecular complexity index is 1260. The van der Waals surface area contributed by atoms with E-state index < -0.39 is 18.0 Å². The van der Waals surface area contributed by atoms with Gasteiger partial charge in [-0.05, 0) is 55.2 Å². The molecule has 3 amide bonds. The normalized spacial score (nSPS) is 16.7. The van der Waals surface area contributed by atoms with E-state index in [1.54, 1.807) is 11.1 Å². The molecule has 10 heteroatoms. The summed E-state index contributed by atoms with van der Waals surface area (Å²) in [6, 6.07) is 17.7. The van der Waals surface area contributed by atoms with E-state index in [1.807, 2.05) is 60.7 Å². The lowest BCUT2D eigenvalue weighted by Crippen LogP contribution is -2.50. The van der Waals surface area contributed by atoms with Crippen LogP contribution in [0.1, 0.15) is 31.2 Å². The molecule has 3 atom stereocenters. The third kappa shape index (κ3) is 7.50. The number of anilines is 1. The van der Waals surface area contributed by atoms with Crippen molar-refractivity contribution >= 4 is 46.1 Å². The smallest absolute Gasteiger partial charge is 0.247 e. The zero-order valence-electron chi connectivity index (χ0n) is 21.2. The van der Waals surface area contributed by atoms with E-state index in [9.17, 15) is 14.4 Å². The number of nitrogens with one attached hydrogen (secondary N) is 4. The van der Waals surface area contributed by atoms with Gasteiger partial charge >= 0.3 is 0 Å². The average Bonchev–Trinajstić information content (AvgIpc) is 3.38. The van der Waals surface area contributed by atoms with Gasteiger partial charge in [0.05, 0.1) is 0 Å². The first-order valence-electron chi connectivity index (χ1n) is 12.9. The Hall–Kier alpha value is -3.53. The summed E-state index contributed by atoms with van der Waals surface area (Å²) in [5, 5.41) is 6.71. The number of aromatic amines is 1. The zero-order chi connectivity index (χ0) is 26.9. The highest BCUT2D eigenvalue weighted by Crippen LogP contribution is 2.15. The maximum absolute atomic E-state index is 13.3. The number of carbonyl (C=O) groups is 3. The summed E-state index contributed by atoms with van der Waals surface area (Å²) < 4.78 is 0. The maximum atomic E-state index is 13.3. The fourth-order valence-corrected chi connectivity index (χ4v) is 4.80. The fraction of sp³-hybridized carbons (Fsp3) is 0.357. The Morgan fingerprint density at radius 1 is 1.03 bits per heavy atom. The van der Waals surface area contributed by atoms with E-state index in [0.29, 0.717) is 31.6 Å². The topological polar surface area (TPSA) is 131 Å². The number of hydrogen-bond acceptors (Lipinski definition) is 5. The molecule has 1 saturated heterocycles. The van der Waals surface area contributed by atoms with E-state index in [0.717, 1.165) is 22.9 Å². The van der Waals surface area contributed by atoms with Gasteiger partial charge in [-0.25, -0.2) is 9.82 Å². The number of nitrogens with two attached hydrogens (primary N) is 1. The number of H-pyrrole nitrogens is 1. The molecule has 1 aromatic heterocycles. The molecule has 3 aromatic rings. The molecular weight excluding hydrogens is 504 g/mol. The van der Waals surface area contributed by atoms with Crippen LogP contribution in [-0.4, -0.2) is 53.8 Å². The summed E-state index contributed by atoms with van der Waals surface area (Å²) in [5.41, 5.74) is 8.49. The second-order valence-electron chi connectivity index (χ2n) is 9.64. The molecule has 0 radical (unpaired) electrons. The number of para-hydroxylation sites is 1. The van der Waals surface area contributed by atoms with Crippen LogP contribution in [0, 0.1) is 0 Å². The van der Waals surface area contributed by atoms with Gasteiger partial charge in [0, 0.05) is 37.0 Å². The van der Waals surface area contributed by atoms with Crippen LogP contribution in [0.25, 0.3) is 10.9 Å². The van der Waals surface area contributed by atoms with Crippen LogP contribution >= 0.6 is 11.8 Å². The summed E-state index contributed by atoms with van der Waals surface area (Å²) in [6.45, 7) is 1.15. The molecular formula is C28H34ClN6O3+. The number of rotatable bonds is 11. The number of nitrogens with zero attached hydrogens (tertiary/aromatic N) is 1. The first kappa shape index (κ1) is 27.5. The molecule has 2 heterocycles. The van der Waals surface area contributed by atoms with Gasteiger partial charge < -0.3 is 21.3 Å². The first-order valence-corrected chi connectivity index (χ1v) is 13.3. The molecule has 1 fully saturated rings. The van der Waals surface area contributed by atoms with Crippen LogP contribution in [0.4, 0.5) is 5.69 Å². The van der Waals surface area contributed by atoms with Gasteiger partial charge in [0.2, 0.25) is 23.2 Å². The molecule has 38 heavy (non-hydrogen) atoms. The second kappa shape index (κ2) is 13.3. The minimum Gasteiger partial charge on any atom is -0.343 e. The quantitative estimate of drug-likeness (QED) is 0.278. The van der Waals surface area contributed by atoms with Crippen LogP contribution in [0.3, 0.4) is 0 Å². The minimum atomic E-state index is -0.835. The van der Waals surface area contributed by atoms with Gasteiger partial charge in [0.1, 0.15) is 17.8 Å². The van der Waals surface area contributed by atoms with Crippen molar-refractivity contribution < 1.29 is 19.4 Å². The standard InChI is InChI=1S/C28H33ClN6O3/c29-34-25(12-13-26(36)35-15-14-21(30)18-35)28(38)33-24(11-10-19-6-2-1-3-7-19)27(37)32-22-16-20-8-4-5-9-23(20)31-17-22/h1-9,16-17,21,24-25,34H,10-15,18,30H2,(H,32,37)(H,33,38)/p+1. The van der Waals surface area contributed by atoms with Crippen LogP contribution in [0.5, 0.6) is 0 Å². The van der Waals surface area contributed by atoms with Gasteiger partial charge in [0.25, 0.3) is 0 Å². The van der Waals surface area contributed by atoms with Crippen LogP contribution < -0.4 is 26.2 Å². The monoisotopic (exact) mass is 537 g/mol. The summed E-state index contributed by atoms with van der Waals surface area (Å²) >= 11 is 5.89. The third-order valence-electron chi connectivity index (χ3n) is 6.79. The van der Waals surface area contributed by atoms with Crippen molar-refractivity contribution in [3.05, 3.63) is 72.4 Å². The number of likely N-dealkylation sites (tertiary alicyclic amines) is 1. The Balaban J connectivity index is 1.41. The Morgan fingerprint density at radius 2 is 1.79 bits per heavy atom. The Labute approximate surface area is 227 Å². The van der Waals surface area contributed by atoms with Crippen molar-refractivity contribution in [3.63, 3.8) is 0 Å². The van der Waals surface area contributed by atoms with Gasteiger partial charge in [-0.3, -0.25) is 14.4 Å². The molecule has 0 bridgehead atoms. The molecule has 1 aliphatic heterocycles. The summed E-state index contributed by atoms with van der Waals surface area (Å²) in [5.74, 6) is -0.841. The van der Waals surface area contributed by atoms with Crippen LogP contribution in [-0.2, 0) is 20.8 Å². The molecule has 1 aliphatic rings. The molecule has 6 N–H and O–H groups in total. The number of carbonyl (C=O) groups excluding carboxylic acids is 3. The van der Waals surface area contributed by atoms with Gasteiger partial charge in [-0.2, -0.15) is 0 Å². The maximum Gasteiger partial charge on any atom is 0.247 e. The first-order chi connectivity index (χ1) is 18.4. The molecule has 9 nitrogen and oxygen atoms in total. The summed E-state index contributed by atoms with van der Waals surface area (Å²) in [4.78, 5) is 46.3. The zero-order valence-corrected chi connectivity index (χ0v) is 21.9. The molecule has 0 aliphatic carbocycles. The van der Waals surface area contributed by atoms with Crippen LogP contribution in [0.2, 0.25) is 0 Å². The van der Waals surface area contributed by atoms with E-state index in [2.05, 4.69) is 20.5 Å². The number of hydrogen-bond donors (Lipinski definition) is 4. The molecule has 3 unspecified atom stereocenters. The number of amides is 3. The van der Waals surface area contributed by atoms with E-state index in [4.69, 9.17) is 17.5 Å². The predicted octanol–water partition coefficient (Wildman–Crippen LogP) is 2.16.